The summed E-state index contributed by atoms with van der Waals surface area (Å²) in [6.45, 7) is 4.94. The first kappa shape index (κ1) is 19.4. The van der Waals surface area contributed by atoms with Crippen LogP contribution in [0, 0.1) is 12.8 Å². The van der Waals surface area contributed by atoms with Crippen molar-refractivity contribution in [3.05, 3.63) is 40.4 Å². The highest BCUT2D eigenvalue weighted by Crippen LogP contribution is 2.32. The van der Waals surface area contributed by atoms with E-state index < -0.39 is 0 Å². The van der Waals surface area contributed by atoms with E-state index in [-0.39, 0.29) is 17.7 Å². The molecule has 0 aromatic carbocycles. The van der Waals surface area contributed by atoms with Crippen molar-refractivity contribution >= 4 is 28.2 Å². The van der Waals surface area contributed by atoms with Crippen molar-refractivity contribution in [2.24, 2.45) is 5.92 Å². The summed E-state index contributed by atoms with van der Waals surface area (Å²) in [6.07, 6.45) is 5.61. The van der Waals surface area contributed by atoms with Gasteiger partial charge < -0.3 is 15.4 Å². The Morgan fingerprint density at radius 3 is 2.93 bits per heavy atom. The van der Waals surface area contributed by atoms with Crippen LogP contribution < -0.4 is 15.4 Å². The molecule has 2 N–H and O–H groups in total. The first-order valence-corrected chi connectivity index (χ1v) is 10.2. The SMILES string of the molecule is CCCCOc1ncccc1CNC(=O)c1sc(NC(=O)C2CC2)cc1C. The number of nitrogens with zero attached hydrogens (tertiary/aromatic N) is 1. The molecule has 3 rings (SSSR count). The van der Waals surface area contributed by atoms with Crippen LogP contribution in [-0.4, -0.2) is 23.4 Å². The monoisotopic (exact) mass is 387 g/mol. The van der Waals surface area contributed by atoms with Crippen LogP contribution >= 0.6 is 11.3 Å². The number of ether oxygens (including phenoxy) is 1. The Kier molecular flexibility index (Phi) is 6.45. The van der Waals surface area contributed by atoms with Crippen molar-refractivity contribution in [2.45, 2.75) is 46.1 Å². The van der Waals surface area contributed by atoms with Crippen LogP contribution in [0.5, 0.6) is 5.88 Å². The van der Waals surface area contributed by atoms with Gasteiger partial charge in [-0.15, -0.1) is 11.3 Å². The number of aromatic nitrogens is 1. The van der Waals surface area contributed by atoms with Crippen molar-refractivity contribution in [3.8, 4) is 5.88 Å². The molecule has 2 amide bonds. The first-order chi connectivity index (χ1) is 13.1. The summed E-state index contributed by atoms with van der Waals surface area (Å²) < 4.78 is 5.71. The predicted octanol–water partition coefficient (Wildman–Crippen LogP) is 3.91. The molecule has 1 saturated carbocycles. The Labute approximate surface area is 163 Å². The zero-order chi connectivity index (χ0) is 19.2. The van der Waals surface area contributed by atoms with E-state index in [4.69, 9.17) is 4.74 Å². The molecule has 0 radical (unpaired) electrons. The molecule has 6 nitrogen and oxygen atoms in total. The molecule has 27 heavy (non-hydrogen) atoms. The largest absolute Gasteiger partial charge is 0.477 e. The molecule has 0 spiro atoms. The molecule has 2 aromatic heterocycles. The van der Waals surface area contributed by atoms with Crippen LogP contribution in [0.3, 0.4) is 0 Å². The minimum atomic E-state index is -0.159. The second-order valence-corrected chi connectivity index (χ2v) is 7.79. The van der Waals surface area contributed by atoms with Gasteiger partial charge in [0.15, 0.2) is 0 Å². The Bertz CT molecular complexity index is 815. The molecule has 0 atom stereocenters. The summed E-state index contributed by atoms with van der Waals surface area (Å²) in [5.41, 5.74) is 1.70. The molecule has 0 aliphatic heterocycles. The fourth-order valence-corrected chi connectivity index (χ4v) is 3.59. The van der Waals surface area contributed by atoms with Gasteiger partial charge in [0.05, 0.1) is 16.5 Å². The van der Waals surface area contributed by atoms with Gasteiger partial charge in [0.2, 0.25) is 11.8 Å². The highest BCUT2D eigenvalue weighted by molar-refractivity contribution is 7.18. The summed E-state index contributed by atoms with van der Waals surface area (Å²) >= 11 is 1.31. The van der Waals surface area contributed by atoms with Crippen molar-refractivity contribution < 1.29 is 14.3 Å². The highest BCUT2D eigenvalue weighted by Gasteiger charge is 2.30. The van der Waals surface area contributed by atoms with Crippen LogP contribution in [0.25, 0.3) is 0 Å². The third-order valence-corrected chi connectivity index (χ3v) is 5.50. The van der Waals surface area contributed by atoms with Gasteiger partial charge in [-0.1, -0.05) is 19.4 Å². The number of aryl methyl sites for hydroxylation is 1. The number of unbranched alkanes of at least 4 members (excludes halogenated alkanes) is 1. The van der Waals surface area contributed by atoms with Gasteiger partial charge in [0.1, 0.15) is 0 Å². The summed E-state index contributed by atoms with van der Waals surface area (Å²) in [5.74, 6) is 0.591. The van der Waals surface area contributed by atoms with E-state index in [1.54, 1.807) is 6.20 Å². The standard InChI is InChI=1S/C20H25N3O3S/c1-3-4-10-26-20-15(6-5-9-21-20)12-22-19(25)17-13(2)11-16(27-17)23-18(24)14-7-8-14/h5-6,9,11,14H,3-4,7-8,10,12H2,1-2H3,(H,22,25)(H,23,24). The summed E-state index contributed by atoms with van der Waals surface area (Å²) in [4.78, 5) is 29.3. The Balaban J connectivity index is 1.59. The number of nitrogens with one attached hydrogen (secondary N) is 2. The topological polar surface area (TPSA) is 80.3 Å². The molecular formula is C20H25N3O3S. The lowest BCUT2D eigenvalue weighted by atomic mass is 10.2. The molecule has 0 bridgehead atoms. The van der Waals surface area contributed by atoms with Crippen molar-refractivity contribution in [2.75, 3.05) is 11.9 Å². The number of thiophene rings is 1. The zero-order valence-corrected chi connectivity index (χ0v) is 16.5. The van der Waals surface area contributed by atoms with Gasteiger partial charge in [-0.3, -0.25) is 9.59 Å². The lowest BCUT2D eigenvalue weighted by Gasteiger charge is -2.10. The Morgan fingerprint density at radius 2 is 2.19 bits per heavy atom. The number of pyridine rings is 1. The van der Waals surface area contributed by atoms with E-state index in [1.165, 1.54) is 11.3 Å². The van der Waals surface area contributed by atoms with E-state index in [2.05, 4.69) is 22.5 Å². The van der Waals surface area contributed by atoms with Gasteiger partial charge in [-0.25, -0.2) is 4.98 Å². The normalized spacial score (nSPS) is 13.3. The number of carbonyl (C=O) groups excluding carboxylic acids is 2. The van der Waals surface area contributed by atoms with Crippen LogP contribution in [0.1, 0.15) is 53.4 Å². The highest BCUT2D eigenvalue weighted by atomic mass is 32.1. The number of carbonyl (C=O) groups is 2. The zero-order valence-electron chi connectivity index (χ0n) is 15.7. The molecule has 0 saturated heterocycles. The summed E-state index contributed by atoms with van der Waals surface area (Å²) in [7, 11) is 0. The van der Waals surface area contributed by atoms with Gasteiger partial charge in [0, 0.05) is 24.2 Å². The maximum Gasteiger partial charge on any atom is 0.261 e. The number of anilines is 1. The van der Waals surface area contributed by atoms with Crippen LogP contribution in [0.15, 0.2) is 24.4 Å². The van der Waals surface area contributed by atoms with Gasteiger partial charge in [0.25, 0.3) is 5.91 Å². The van der Waals surface area contributed by atoms with Crippen LogP contribution in [0.4, 0.5) is 5.00 Å². The van der Waals surface area contributed by atoms with Gasteiger partial charge in [-0.05, 0) is 43.9 Å². The number of hydrogen-bond donors (Lipinski definition) is 2. The van der Waals surface area contributed by atoms with E-state index >= 15 is 0 Å². The third-order valence-electron chi connectivity index (χ3n) is 4.34. The smallest absolute Gasteiger partial charge is 0.261 e. The molecule has 0 unspecified atom stereocenters. The molecule has 2 heterocycles. The second-order valence-electron chi connectivity index (χ2n) is 6.74. The minimum Gasteiger partial charge on any atom is -0.477 e. The molecule has 144 valence electrons. The molecule has 7 heteroatoms. The van der Waals surface area contributed by atoms with Crippen molar-refractivity contribution in [1.82, 2.24) is 10.3 Å². The summed E-state index contributed by atoms with van der Waals surface area (Å²) in [6, 6.07) is 5.58. The maximum absolute atomic E-state index is 12.6. The number of hydrogen-bond acceptors (Lipinski definition) is 5. The average molecular weight is 388 g/mol. The Hall–Kier alpha value is -2.41. The second kappa shape index (κ2) is 8.99. The predicted molar refractivity (Wildman–Crippen MR) is 106 cm³/mol. The average Bonchev–Trinajstić information content (AvgIpc) is 3.45. The fourth-order valence-electron chi connectivity index (χ4n) is 2.60. The van der Waals surface area contributed by atoms with E-state index in [0.29, 0.717) is 23.9 Å². The Morgan fingerprint density at radius 1 is 1.37 bits per heavy atom. The number of amides is 2. The van der Waals surface area contributed by atoms with Gasteiger partial charge >= 0.3 is 0 Å². The molecule has 2 aromatic rings. The van der Waals surface area contributed by atoms with E-state index in [9.17, 15) is 9.59 Å². The fraction of sp³-hybridized carbons (Fsp3) is 0.450. The third kappa shape index (κ3) is 5.29. The summed E-state index contributed by atoms with van der Waals surface area (Å²) in [5, 5.41) is 6.55. The quantitative estimate of drug-likeness (QED) is 0.639. The van der Waals surface area contributed by atoms with Crippen LogP contribution in [0.2, 0.25) is 0 Å². The lowest BCUT2D eigenvalue weighted by Crippen LogP contribution is -2.23. The number of rotatable bonds is 9. The van der Waals surface area contributed by atoms with Crippen molar-refractivity contribution in [1.29, 1.82) is 0 Å². The van der Waals surface area contributed by atoms with Crippen molar-refractivity contribution in [3.63, 3.8) is 0 Å². The maximum atomic E-state index is 12.6. The molecule has 1 aliphatic rings. The first-order valence-electron chi connectivity index (χ1n) is 9.34. The van der Waals surface area contributed by atoms with E-state index in [0.717, 1.165) is 41.8 Å². The lowest BCUT2D eigenvalue weighted by molar-refractivity contribution is -0.117. The molecule has 1 aliphatic carbocycles. The molecule has 1 fully saturated rings. The van der Waals surface area contributed by atoms with Gasteiger partial charge in [-0.2, -0.15) is 0 Å². The molecular weight excluding hydrogens is 362 g/mol. The minimum absolute atomic E-state index is 0.0486. The van der Waals surface area contributed by atoms with E-state index in [1.807, 2.05) is 25.1 Å². The van der Waals surface area contributed by atoms with Crippen LogP contribution in [-0.2, 0) is 11.3 Å².